The first kappa shape index (κ1) is 25.4. The van der Waals surface area contributed by atoms with Gasteiger partial charge in [0.25, 0.3) is 5.78 Å². The standard InChI is InChI=1S/C29H25FN2O5S/c1-4-13-37-21-12-9-18(14-22(21)36-3)25-24(26(33)17-7-5-16(2)6-8-17)27(34)28(35)32(25)29-31-20-11-10-19(30)15-23(20)38-29/h5-12,14-15,25,33H,4,13H2,1-3H3/t25-/m1/s1. The van der Waals surface area contributed by atoms with Crippen LogP contribution in [0.25, 0.3) is 16.0 Å². The molecule has 2 heterocycles. The number of aliphatic hydroxyl groups excluding tert-OH is 1. The number of methoxy groups -OCH3 is 1. The van der Waals surface area contributed by atoms with Gasteiger partial charge in [0.05, 0.1) is 35.5 Å². The van der Waals surface area contributed by atoms with Gasteiger partial charge in [-0.2, -0.15) is 0 Å². The lowest BCUT2D eigenvalue weighted by molar-refractivity contribution is -0.132. The van der Waals surface area contributed by atoms with Crippen LogP contribution in [0.1, 0.15) is 36.1 Å². The summed E-state index contributed by atoms with van der Waals surface area (Å²) in [5.74, 6) is -1.48. The van der Waals surface area contributed by atoms with E-state index in [-0.39, 0.29) is 16.5 Å². The number of aromatic nitrogens is 1. The Morgan fingerprint density at radius 1 is 1.08 bits per heavy atom. The van der Waals surface area contributed by atoms with E-state index in [4.69, 9.17) is 9.47 Å². The summed E-state index contributed by atoms with van der Waals surface area (Å²) in [6.07, 6.45) is 0.805. The Labute approximate surface area is 222 Å². The van der Waals surface area contributed by atoms with Crippen molar-refractivity contribution in [2.24, 2.45) is 0 Å². The topological polar surface area (TPSA) is 89.0 Å². The number of ketones is 1. The monoisotopic (exact) mass is 532 g/mol. The summed E-state index contributed by atoms with van der Waals surface area (Å²) in [5.41, 5.74) is 2.32. The van der Waals surface area contributed by atoms with Gasteiger partial charge in [-0.3, -0.25) is 14.5 Å². The highest BCUT2D eigenvalue weighted by Crippen LogP contribution is 2.46. The van der Waals surface area contributed by atoms with Crippen LogP contribution in [-0.4, -0.2) is 35.5 Å². The zero-order chi connectivity index (χ0) is 27.0. The van der Waals surface area contributed by atoms with Crippen LogP contribution < -0.4 is 14.4 Å². The molecule has 4 aromatic rings. The maximum atomic E-state index is 13.9. The first-order chi connectivity index (χ1) is 18.3. The van der Waals surface area contributed by atoms with Crippen molar-refractivity contribution in [3.05, 3.63) is 88.7 Å². The van der Waals surface area contributed by atoms with Crippen LogP contribution in [0.15, 0.2) is 66.2 Å². The van der Waals surface area contributed by atoms with Gasteiger partial charge in [0.1, 0.15) is 11.6 Å². The van der Waals surface area contributed by atoms with Gasteiger partial charge in [-0.05, 0) is 49.2 Å². The Morgan fingerprint density at radius 2 is 1.84 bits per heavy atom. The van der Waals surface area contributed by atoms with Crippen molar-refractivity contribution in [2.45, 2.75) is 26.3 Å². The van der Waals surface area contributed by atoms with Gasteiger partial charge in [-0.25, -0.2) is 9.37 Å². The molecule has 1 fully saturated rings. The number of aliphatic hydroxyl groups is 1. The molecule has 1 N–H and O–H groups in total. The molecule has 38 heavy (non-hydrogen) atoms. The largest absolute Gasteiger partial charge is 0.507 e. The number of benzene rings is 3. The normalized spacial score (nSPS) is 16.8. The summed E-state index contributed by atoms with van der Waals surface area (Å²) < 4.78 is 25.7. The third-order valence-corrected chi connectivity index (χ3v) is 7.30. The minimum absolute atomic E-state index is 0.0754. The molecule has 5 rings (SSSR count). The zero-order valence-electron chi connectivity index (χ0n) is 21.0. The number of rotatable bonds is 7. The van der Waals surface area contributed by atoms with Crippen molar-refractivity contribution in [2.75, 3.05) is 18.6 Å². The van der Waals surface area contributed by atoms with E-state index in [0.29, 0.717) is 39.4 Å². The van der Waals surface area contributed by atoms with E-state index in [0.717, 1.165) is 23.3 Å². The highest BCUT2D eigenvalue weighted by atomic mass is 32.1. The number of carbonyl (C=O) groups is 2. The first-order valence-electron chi connectivity index (χ1n) is 12.1. The second-order valence-corrected chi connectivity index (χ2v) is 9.91. The Hall–Kier alpha value is -4.24. The number of amides is 1. The number of thiazole rings is 1. The molecule has 0 unspecified atom stereocenters. The van der Waals surface area contributed by atoms with E-state index in [1.165, 1.54) is 30.2 Å². The lowest BCUT2D eigenvalue weighted by atomic mass is 9.95. The van der Waals surface area contributed by atoms with Gasteiger partial charge in [0.2, 0.25) is 0 Å². The van der Waals surface area contributed by atoms with Crippen molar-refractivity contribution in [1.29, 1.82) is 0 Å². The molecule has 7 nitrogen and oxygen atoms in total. The molecule has 1 atom stereocenters. The molecule has 0 radical (unpaired) electrons. The molecule has 1 aromatic heterocycles. The fraction of sp³-hybridized carbons (Fsp3) is 0.207. The second-order valence-electron chi connectivity index (χ2n) is 8.90. The zero-order valence-corrected chi connectivity index (χ0v) is 21.8. The molecule has 1 aliphatic rings. The fourth-order valence-corrected chi connectivity index (χ4v) is 5.40. The smallest absolute Gasteiger partial charge is 0.301 e. The highest BCUT2D eigenvalue weighted by molar-refractivity contribution is 7.22. The molecule has 0 spiro atoms. The second kappa shape index (κ2) is 10.3. The number of fused-ring (bicyclic) bond motifs is 1. The van der Waals surface area contributed by atoms with Gasteiger partial charge in [0, 0.05) is 5.56 Å². The number of ether oxygens (including phenoxy) is 2. The average Bonchev–Trinajstić information content (AvgIpc) is 3.44. The van der Waals surface area contributed by atoms with Crippen molar-refractivity contribution >= 4 is 44.1 Å². The number of Topliss-reactive ketones (excluding diaryl/α,β-unsaturated/α-hetero) is 1. The molecule has 0 aliphatic carbocycles. The van der Waals surface area contributed by atoms with Crippen LogP contribution in [0, 0.1) is 12.7 Å². The summed E-state index contributed by atoms with van der Waals surface area (Å²) in [6, 6.07) is 15.3. The van der Waals surface area contributed by atoms with E-state index in [1.807, 2.05) is 26.0 Å². The molecule has 1 aliphatic heterocycles. The van der Waals surface area contributed by atoms with Crippen molar-refractivity contribution in [3.63, 3.8) is 0 Å². The van der Waals surface area contributed by atoms with Gasteiger partial charge < -0.3 is 14.6 Å². The van der Waals surface area contributed by atoms with Crippen LogP contribution in [-0.2, 0) is 9.59 Å². The van der Waals surface area contributed by atoms with Crippen LogP contribution >= 0.6 is 11.3 Å². The predicted octanol–water partition coefficient (Wildman–Crippen LogP) is 6.17. The highest BCUT2D eigenvalue weighted by Gasteiger charge is 2.48. The maximum absolute atomic E-state index is 13.9. The maximum Gasteiger partial charge on any atom is 0.301 e. The molecule has 0 saturated carbocycles. The quantitative estimate of drug-likeness (QED) is 0.174. The molecule has 1 amide bonds. The van der Waals surface area contributed by atoms with Gasteiger partial charge in [0.15, 0.2) is 16.6 Å². The Balaban J connectivity index is 1.71. The molecule has 9 heteroatoms. The Bertz CT molecular complexity index is 1580. The molecule has 0 bridgehead atoms. The van der Waals surface area contributed by atoms with E-state index in [2.05, 4.69) is 4.98 Å². The molecule has 1 saturated heterocycles. The number of carbonyl (C=O) groups excluding carboxylic acids is 2. The summed E-state index contributed by atoms with van der Waals surface area (Å²) in [7, 11) is 1.50. The lowest BCUT2D eigenvalue weighted by Gasteiger charge is -2.24. The van der Waals surface area contributed by atoms with Crippen LogP contribution in [0.4, 0.5) is 9.52 Å². The molecular weight excluding hydrogens is 507 g/mol. The van der Waals surface area contributed by atoms with Crippen LogP contribution in [0.2, 0.25) is 0 Å². The summed E-state index contributed by atoms with van der Waals surface area (Å²) in [4.78, 5) is 32.7. The van der Waals surface area contributed by atoms with Gasteiger partial charge in [-0.1, -0.05) is 54.2 Å². The van der Waals surface area contributed by atoms with Crippen LogP contribution in [0.5, 0.6) is 11.5 Å². The number of anilines is 1. The molecule has 194 valence electrons. The minimum atomic E-state index is -1.00. The van der Waals surface area contributed by atoms with Crippen molar-refractivity contribution < 1.29 is 28.6 Å². The van der Waals surface area contributed by atoms with Gasteiger partial charge in [-0.15, -0.1) is 0 Å². The lowest BCUT2D eigenvalue weighted by Crippen LogP contribution is -2.29. The number of hydrogen-bond acceptors (Lipinski definition) is 7. The van der Waals surface area contributed by atoms with E-state index in [1.54, 1.807) is 30.3 Å². The Morgan fingerprint density at radius 3 is 2.55 bits per heavy atom. The summed E-state index contributed by atoms with van der Waals surface area (Å²) in [5, 5.41) is 11.5. The Kier molecular flexibility index (Phi) is 6.86. The number of hydrogen-bond donors (Lipinski definition) is 1. The number of nitrogens with zero attached hydrogens (tertiary/aromatic N) is 2. The molecule has 3 aromatic carbocycles. The average molecular weight is 533 g/mol. The first-order valence-corrected chi connectivity index (χ1v) is 12.9. The van der Waals surface area contributed by atoms with E-state index < -0.39 is 23.5 Å². The predicted molar refractivity (Wildman–Crippen MR) is 144 cm³/mol. The molecular formula is C29H25FN2O5S. The third-order valence-electron chi connectivity index (χ3n) is 6.28. The van der Waals surface area contributed by atoms with E-state index >= 15 is 0 Å². The van der Waals surface area contributed by atoms with Gasteiger partial charge >= 0.3 is 5.91 Å². The SMILES string of the molecule is CCCOc1ccc([C@@H]2C(=C(O)c3ccc(C)cc3)C(=O)C(=O)N2c2nc3ccc(F)cc3s2)cc1OC. The number of aryl methyl sites for hydroxylation is 1. The van der Waals surface area contributed by atoms with Crippen LogP contribution in [0.3, 0.4) is 0 Å². The van der Waals surface area contributed by atoms with E-state index in [9.17, 15) is 19.1 Å². The summed E-state index contributed by atoms with van der Waals surface area (Å²) in [6.45, 7) is 4.39. The van der Waals surface area contributed by atoms with Crippen molar-refractivity contribution in [3.8, 4) is 11.5 Å². The van der Waals surface area contributed by atoms with Crippen molar-refractivity contribution in [1.82, 2.24) is 4.98 Å². The fourth-order valence-electron chi connectivity index (χ4n) is 4.39. The summed E-state index contributed by atoms with van der Waals surface area (Å²) >= 11 is 1.09. The number of halogens is 1. The third kappa shape index (κ3) is 4.50. The minimum Gasteiger partial charge on any atom is -0.507 e.